The zero-order valence-corrected chi connectivity index (χ0v) is 8.05. The van der Waals surface area contributed by atoms with Crippen LogP contribution in [0.1, 0.15) is 27.2 Å². The van der Waals surface area contributed by atoms with Crippen molar-refractivity contribution in [1.29, 1.82) is 0 Å². The van der Waals surface area contributed by atoms with E-state index in [1.165, 1.54) is 6.42 Å². The van der Waals surface area contributed by atoms with Crippen molar-refractivity contribution in [2.45, 2.75) is 27.2 Å². The fraction of sp³-hybridized carbons (Fsp3) is 1.00. The van der Waals surface area contributed by atoms with Crippen molar-refractivity contribution in [1.82, 2.24) is 0 Å². The molecule has 2 heteroatoms. The van der Waals surface area contributed by atoms with Crippen LogP contribution in [0, 0.1) is 11.3 Å². The van der Waals surface area contributed by atoms with Gasteiger partial charge in [-0.2, -0.15) is 0 Å². The van der Waals surface area contributed by atoms with E-state index < -0.39 is 0 Å². The largest absolute Gasteiger partial charge is 0.400 e. The molecule has 1 saturated heterocycles. The Balaban J connectivity index is 0.000000461. The maximum Gasteiger partial charge on any atom is 0.0523 e. The van der Waals surface area contributed by atoms with Crippen molar-refractivity contribution in [2.24, 2.45) is 11.3 Å². The third kappa shape index (κ3) is 2.80. The van der Waals surface area contributed by atoms with Crippen LogP contribution in [-0.4, -0.2) is 25.4 Å². The van der Waals surface area contributed by atoms with Gasteiger partial charge in [-0.15, -0.1) is 0 Å². The molecular formula is C9H20O2. The molecule has 0 radical (unpaired) electrons. The predicted octanol–water partition coefficient (Wildman–Crippen LogP) is 1.68. The SMILES string of the molecule is CC(C)C1(C)CCOC1.CO. The van der Waals surface area contributed by atoms with Gasteiger partial charge in [0, 0.05) is 13.7 Å². The van der Waals surface area contributed by atoms with Crippen molar-refractivity contribution in [3.63, 3.8) is 0 Å². The number of ether oxygens (including phenoxy) is 1. The van der Waals surface area contributed by atoms with E-state index in [2.05, 4.69) is 20.8 Å². The molecule has 0 saturated carbocycles. The highest BCUT2D eigenvalue weighted by atomic mass is 16.5. The summed E-state index contributed by atoms with van der Waals surface area (Å²) in [7, 11) is 1.00. The fourth-order valence-electron chi connectivity index (χ4n) is 1.14. The quantitative estimate of drug-likeness (QED) is 0.632. The molecule has 0 bridgehead atoms. The van der Waals surface area contributed by atoms with Crippen LogP contribution in [0.4, 0.5) is 0 Å². The standard InChI is InChI=1S/C8H16O.CH4O/c1-7(2)8(3)4-5-9-6-8;1-2/h7H,4-6H2,1-3H3;2H,1H3. The first-order valence-corrected chi connectivity index (χ1v) is 4.18. The Bertz CT molecular complexity index is 93.7. The minimum absolute atomic E-state index is 0.472. The highest BCUT2D eigenvalue weighted by Crippen LogP contribution is 2.35. The lowest BCUT2D eigenvalue weighted by Crippen LogP contribution is -2.22. The molecule has 1 aliphatic rings. The third-order valence-electron chi connectivity index (χ3n) is 2.64. The van der Waals surface area contributed by atoms with E-state index in [0.717, 1.165) is 26.2 Å². The van der Waals surface area contributed by atoms with Crippen molar-refractivity contribution in [2.75, 3.05) is 20.3 Å². The molecule has 0 aliphatic carbocycles. The number of hydrogen-bond acceptors (Lipinski definition) is 2. The van der Waals surface area contributed by atoms with E-state index in [1.54, 1.807) is 0 Å². The molecule has 1 rings (SSSR count). The summed E-state index contributed by atoms with van der Waals surface area (Å²) in [5, 5.41) is 7.00. The van der Waals surface area contributed by atoms with E-state index in [0.29, 0.717) is 5.41 Å². The molecule has 1 atom stereocenters. The first kappa shape index (κ1) is 10.9. The lowest BCUT2D eigenvalue weighted by molar-refractivity contribution is 0.133. The van der Waals surface area contributed by atoms with Crippen molar-refractivity contribution >= 4 is 0 Å². The Morgan fingerprint density at radius 3 is 2.09 bits per heavy atom. The summed E-state index contributed by atoms with van der Waals surface area (Å²) in [4.78, 5) is 0. The van der Waals surface area contributed by atoms with Crippen LogP contribution < -0.4 is 0 Å². The van der Waals surface area contributed by atoms with Crippen LogP contribution >= 0.6 is 0 Å². The maximum absolute atomic E-state index is 7.00. The van der Waals surface area contributed by atoms with Crippen LogP contribution in [0.5, 0.6) is 0 Å². The summed E-state index contributed by atoms with van der Waals surface area (Å²) >= 11 is 0. The van der Waals surface area contributed by atoms with Crippen LogP contribution in [0.2, 0.25) is 0 Å². The molecular weight excluding hydrogens is 140 g/mol. The van der Waals surface area contributed by atoms with Crippen LogP contribution in [-0.2, 0) is 4.74 Å². The number of hydrogen-bond donors (Lipinski definition) is 1. The van der Waals surface area contributed by atoms with Gasteiger partial charge in [-0.25, -0.2) is 0 Å². The van der Waals surface area contributed by atoms with E-state index >= 15 is 0 Å². The first-order valence-electron chi connectivity index (χ1n) is 4.18. The molecule has 1 fully saturated rings. The monoisotopic (exact) mass is 160 g/mol. The minimum atomic E-state index is 0.472. The summed E-state index contributed by atoms with van der Waals surface area (Å²) in [5.74, 6) is 0.764. The van der Waals surface area contributed by atoms with Gasteiger partial charge in [0.15, 0.2) is 0 Å². The zero-order valence-electron chi connectivity index (χ0n) is 8.05. The lowest BCUT2D eigenvalue weighted by atomic mass is 9.79. The molecule has 1 N–H and O–H groups in total. The lowest BCUT2D eigenvalue weighted by Gasteiger charge is -2.25. The Kier molecular flexibility index (Phi) is 4.69. The van der Waals surface area contributed by atoms with Gasteiger partial charge >= 0.3 is 0 Å². The normalized spacial score (nSPS) is 30.0. The predicted molar refractivity (Wildman–Crippen MR) is 46.5 cm³/mol. The molecule has 0 aromatic heterocycles. The zero-order chi connectivity index (χ0) is 8.91. The molecule has 11 heavy (non-hydrogen) atoms. The summed E-state index contributed by atoms with van der Waals surface area (Å²) < 4.78 is 5.32. The first-order chi connectivity index (χ1) is 5.15. The van der Waals surface area contributed by atoms with Crippen LogP contribution in [0.15, 0.2) is 0 Å². The van der Waals surface area contributed by atoms with Crippen molar-refractivity contribution < 1.29 is 9.84 Å². The average molecular weight is 160 g/mol. The molecule has 1 aliphatic heterocycles. The van der Waals surface area contributed by atoms with Gasteiger partial charge in [0.25, 0.3) is 0 Å². The molecule has 0 aromatic carbocycles. The highest BCUT2D eigenvalue weighted by molar-refractivity contribution is 4.80. The van der Waals surface area contributed by atoms with Gasteiger partial charge in [-0.1, -0.05) is 20.8 Å². The Morgan fingerprint density at radius 1 is 1.36 bits per heavy atom. The highest BCUT2D eigenvalue weighted by Gasteiger charge is 2.32. The van der Waals surface area contributed by atoms with Gasteiger partial charge in [0.2, 0.25) is 0 Å². The third-order valence-corrected chi connectivity index (χ3v) is 2.64. The number of rotatable bonds is 1. The van der Waals surface area contributed by atoms with Gasteiger partial charge in [-0.3, -0.25) is 0 Å². The molecule has 1 unspecified atom stereocenters. The smallest absolute Gasteiger partial charge is 0.0523 e. The average Bonchev–Trinajstić information content (AvgIpc) is 2.42. The topological polar surface area (TPSA) is 29.5 Å². The molecule has 1 heterocycles. The summed E-state index contributed by atoms with van der Waals surface area (Å²) in [5.41, 5.74) is 0.472. The summed E-state index contributed by atoms with van der Waals surface area (Å²) in [6, 6.07) is 0. The van der Waals surface area contributed by atoms with E-state index in [-0.39, 0.29) is 0 Å². The van der Waals surface area contributed by atoms with Gasteiger partial charge in [0.1, 0.15) is 0 Å². The van der Waals surface area contributed by atoms with Crippen LogP contribution in [0.3, 0.4) is 0 Å². The maximum atomic E-state index is 7.00. The molecule has 0 aromatic rings. The Hall–Kier alpha value is -0.0800. The number of aliphatic hydroxyl groups is 1. The molecule has 0 amide bonds. The van der Waals surface area contributed by atoms with E-state index in [1.807, 2.05) is 0 Å². The molecule has 68 valence electrons. The summed E-state index contributed by atoms with van der Waals surface area (Å²) in [6.45, 7) is 8.79. The fourth-order valence-corrected chi connectivity index (χ4v) is 1.14. The van der Waals surface area contributed by atoms with E-state index in [9.17, 15) is 0 Å². The Labute approximate surface area is 69.6 Å². The second-order valence-corrected chi connectivity index (χ2v) is 3.61. The van der Waals surface area contributed by atoms with Crippen molar-refractivity contribution in [3.8, 4) is 0 Å². The molecule has 2 nitrogen and oxygen atoms in total. The Morgan fingerprint density at radius 2 is 1.91 bits per heavy atom. The number of aliphatic hydroxyl groups excluding tert-OH is 1. The summed E-state index contributed by atoms with van der Waals surface area (Å²) in [6.07, 6.45) is 1.24. The second kappa shape index (κ2) is 4.73. The van der Waals surface area contributed by atoms with Gasteiger partial charge in [-0.05, 0) is 17.8 Å². The van der Waals surface area contributed by atoms with Crippen LogP contribution in [0.25, 0.3) is 0 Å². The minimum Gasteiger partial charge on any atom is -0.400 e. The van der Waals surface area contributed by atoms with Gasteiger partial charge in [0.05, 0.1) is 6.61 Å². The van der Waals surface area contributed by atoms with Gasteiger partial charge < -0.3 is 9.84 Å². The van der Waals surface area contributed by atoms with Crippen molar-refractivity contribution in [3.05, 3.63) is 0 Å². The van der Waals surface area contributed by atoms with E-state index in [4.69, 9.17) is 9.84 Å². The molecule has 0 spiro atoms. The second-order valence-electron chi connectivity index (χ2n) is 3.61.